The second-order valence-corrected chi connectivity index (χ2v) is 4.54. The lowest BCUT2D eigenvalue weighted by atomic mass is 10.1. The standard InChI is InChI=1S/C14H24N2O2/c1-5-6-17-10-14(15-4)12-7-13(9-16-8-12)18-11(2)3/h7-9,11,14-15H,5-6,10H2,1-4H3. The van der Waals surface area contributed by atoms with E-state index in [1.807, 2.05) is 33.2 Å². The van der Waals surface area contributed by atoms with Crippen molar-refractivity contribution in [2.75, 3.05) is 20.3 Å². The van der Waals surface area contributed by atoms with Gasteiger partial charge in [0.05, 0.1) is 24.9 Å². The Morgan fingerprint density at radius 2 is 2.11 bits per heavy atom. The molecular weight excluding hydrogens is 228 g/mol. The Morgan fingerprint density at radius 1 is 1.33 bits per heavy atom. The molecule has 1 rings (SSSR count). The quantitative estimate of drug-likeness (QED) is 0.722. The van der Waals surface area contributed by atoms with Gasteiger partial charge in [-0.1, -0.05) is 6.92 Å². The van der Waals surface area contributed by atoms with E-state index in [1.54, 1.807) is 6.20 Å². The number of hydrogen-bond acceptors (Lipinski definition) is 4. The average Bonchev–Trinajstić information content (AvgIpc) is 2.34. The average molecular weight is 252 g/mol. The zero-order valence-electron chi connectivity index (χ0n) is 11.8. The Hall–Kier alpha value is -1.13. The van der Waals surface area contributed by atoms with Gasteiger partial charge in [0.25, 0.3) is 0 Å². The van der Waals surface area contributed by atoms with E-state index in [0.717, 1.165) is 24.3 Å². The fraction of sp³-hybridized carbons (Fsp3) is 0.643. The first kappa shape index (κ1) is 14.9. The van der Waals surface area contributed by atoms with Gasteiger partial charge >= 0.3 is 0 Å². The third kappa shape index (κ3) is 5.02. The maximum Gasteiger partial charge on any atom is 0.138 e. The fourth-order valence-corrected chi connectivity index (χ4v) is 1.65. The topological polar surface area (TPSA) is 43.4 Å². The molecule has 0 aromatic carbocycles. The Bertz CT molecular complexity index is 342. The van der Waals surface area contributed by atoms with Crippen LogP contribution in [0.5, 0.6) is 5.75 Å². The molecule has 4 heteroatoms. The van der Waals surface area contributed by atoms with Crippen molar-refractivity contribution in [3.8, 4) is 5.75 Å². The predicted octanol–water partition coefficient (Wildman–Crippen LogP) is 2.56. The minimum Gasteiger partial charge on any atom is -0.489 e. The van der Waals surface area contributed by atoms with Crippen molar-refractivity contribution in [3.63, 3.8) is 0 Å². The van der Waals surface area contributed by atoms with Crippen LogP contribution in [0.25, 0.3) is 0 Å². The summed E-state index contributed by atoms with van der Waals surface area (Å²) in [4.78, 5) is 4.21. The van der Waals surface area contributed by atoms with E-state index in [4.69, 9.17) is 9.47 Å². The summed E-state index contributed by atoms with van der Waals surface area (Å²) in [6.07, 6.45) is 4.78. The molecule has 1 atom stereocenters. The SMILES string of the molecule is CCCOCC(NC)c1cncc(OC(C)C)c1. The van der Waals surface area contributed by atoms with Crippen molar-refractivity contribution >= 4 is 0 Å². The Morgan fingerprint density at radius 3 is 2.72 bits per heavy atom. The smallest absolute Gasteiger partial charge is 0.138 e. The highest BCUT2D eigenvalue weighted by Gasteiger charge is 2.11. The van der Waals surface area contributed by atoms with Gasteiger partial charge in [-0.2, -0.15) is 0 Å². The summed E-state index contributed by atoms with van der Waals surface area (Å²) in [5.74, 6) is 0.804. The molecule has 18 heavy (non-hydrogen) atoms. The molecule has 1 heterocycles. The third-order valence-corrected chi connectivity index (χ3v) is 2.49. The van der Waals surface area contributed by atoms with Crippen LogP contribution >= 0.6 is 0 Å². The molecule has 0 aliphatic heterocycles. The van der Waals surface area contributed by atoms with E-state index in [9.17, 15) is 0 Å². The van der Waals surface area contributed by atoms with Crippen molar-refractivity contribution in [2.45, 2.75) is 39.3 Å². The van der Waals surface area contributed by atoms with Gasteiger partial charge in [-0.25, -0.2) is 0 Å². The van der Waals surface area contributed by atoms with Crippen LogP contribution in [0.2, 0.25) is 0 Å². The highest BCUT2D eigenvalue weighted by Crippen LogP contribution is 2.19. The van der Waals surface area contributed by atoms with Crippen molar-refractivity contribution < 1.29 is 9.47 Å². The zero-order chi connectivity index (χ0) is 13.4. The summed E-state index contributed by atoms with van der Waals surface area (Å²) in [7, 11) is 1.93. The molecule has 4 nitrogen and oxygen atoms in total. The van der Waals surface area contributed by atoms with Gasteiger partial charge < -0.3 is 14.8 Å². The van der Waals surface area contributed by atoms with Gasteiger partial charge in [-0.05, 0) is 38.9 Å². The van der Waals surface area contributed by atoms with E-state index in [1.165, 1.54) is 0 Å². The first-order chi connectivity index (χ1) is 8.67. The monoisotopic (exact) mass is 252 g/mol. The Balaban J connectivity index is 2.66. The van der Waals surface area contributed by atoms with Crippen molar-refractivity contribution in [3.05, 3.63) is 24.0 Å². The molecule has 0 bridgehead atoms. The highest BCUT2D eigenvalue weighted by molar-refractivity contribution is 5.26. The van der Waals surface area contributed by atoms with Gasteiger partial charge in [0.1, 0.15) is 5.75 Å². The molecule has 1 unspecified atom stereocenters. The summed E-state index contributed by atoms with van der Waals surface area (Å²) < 4.78 is 11.2. The lowest BCUT2D eigenvalue weighted by molar-refractivity contribution is 0.114. The summed E-state index contributed by atoms with van der Waals surface area (Å²) in [6, 6.07) is 2.17. The molecule has 0 aliphatic rings. The van der Waals surface area contributed by atoms with E-state index >= 15 is 0 Å². The summed E-state index contributed by atoms with van der Waals surface area (Å²) in [5.41, 5.74) is 1.09. The summed E-state index contributed by atoms with van der Waals surface area (Å²) >= 11 is 0. The van der Waals surface area contributed by atoms with Crippen LogP contribution in [-0.4, -0.2) is 31.3 Å². The maximum absolute atomic E-state index is 5.64. The number of nitrogens with one attached hydrogen (secondary N) is 1. The number of likely N-dealkylation sites (N-methyl/N-ethyl adjacent to an activating group) is 1. The number of ether oxygens (including phenoxy) is 2. The second-order valence-electron chi connectivity index (χ2n) is 4.54. The van der Waals surface area contributed by atoms with Gasteiger partial charge in [-0.15, -0.1) is 0 Å². The normalized spacial score (nSPS) is 12.7. The molecular formula is C14H24N2O2. The van der Waals surface area contributed by atoms with Gasteiger partial charge in [0.15, 0.2) is 0 Å². The lowest BCUT2D eigenvalue weighted by Crippen LogP contribution is -2.22. The van der Waals surface area contributed by atoms with E-state index in [2.05, 4.69) is 17.2 Å². The second kappa shape index (κ2) is 8.06. The van der Waals surface area contributed by atoms with Crippen molar-refractivity contribution in [1.29, 1.82) is 0 Å². The fourth-order valence-electron chi connectivity index (χ4n) is 1.65. The molecule has 0 saturated carbocycles. The Kier molecular flexibility index (Phi) is 6.68. The molecule has 0 radical (unpaired) electrons. The molecule has 0 spiro atoms. The molecule has 0 fully saturated rings. The van der Waals surface area contributed by atoms with Crippen molar-refractivity contribution in [1.82, 2.24) is 10.3 Å². The van der Waals surface area contributed by atoms with Crippen LogP contribution < -0.4 is 10.1 Å². The molecule has 1 aromatic rings. The van der Waals surface area contributed by atoms with Crippen LogP contribution in [-0.2, 0) is 4.74 Å². The molecule has 1 aromatic heterocycles. The van der Waals surface area contributed by atoms with E-state index in [0.29, 0.717) is 6.61 Å². The molecule has 102 valence electrons. The van der Waals surface area contributed by atoms with Gasteiger partial charge in [0.2, 0.25) is 0 Å². The number of hydrogen-bond donors (Lipinski definition) is 1. The highest BCUT2D eigenvalue weighted by atomic mass is 16.5. The lowest BCUT2D eigenvalue weighted by Gasteiger charge is -2.17. The van der Waals surface area contributed by atoms with Crippen LogP contribution in [0, 0.1) is 0 Å². The van der Waals surface area contributed by atoms with E-state index in [-0.39, 0.29) is 12.1 Å². The van der Waals surface area contributed by atoms with Gasteiger partial charge in [-0.3, -0.25) is 4.98 Å². The third-order valence-electron chi connectivity index (χ3n) is 2.49. The van der Waals surface area contributed by atoms with E-state index < -0.39 is 0 Å². The zero-order valence-corrected chi connectivity index (χ0v) is 11.8. The number of rotatable bonds is 8. The number of nitrogens with zero attached hydrogens (tertiary/aromatic N) is 1. The largest absolute Gasteiger partial charge is 0.489 e. The maximum atomic E-state index is 5.64. The first-order valence-corrected chi connectivity index (χ1v) is 6.54. The van der Waals surface area contributed by atoms with Gasteiger partial charge in [0, 0.05) is 12.8 Å². The number of aromatic nitrogens is 1. The Labute approximate surface area is 110 Å². The first-order valence-electron chi connectivity index (χ1n) is 6.54. The molecule has 0 amide bonds. The van der Waals surface area contributed by atoms with Crippen molar-refractivity contribution in [2.24, 2.45) is 0 Å². The molecule has 0 saturated heterocycles. The predicted molar refractivity (Wildman–Crippen MR) is 72.9 cm³/mol. The minimum absolute atomic E-state index is 0.153. The van der Waals surface area contributed by atoms with Crippen LogP contribution in [0.3, 0.4) is 0 Å². The summed E-state index contributed by atoms with van der Waals surface area (Å²) in [5, 5.41) is 3.24. The number of pyridine rings is 1. The van der Waals surface area contributed by atoms with Crippen LogP contribution in [0.1, 0.15) is 38.8 Å². The molecule has 1 N–H and O–H groups in total. The summed E-state index contributed by atoms with van der Waals surface area (Å²) in [6.45, 7) is 7.55. The van der Waals surface area contributed by atoms with Crippen LogP contribution in [0.4, 0.5) is 0 Å². The molecule has 0 aliphatic carbocycles. The minimum atomic E-state index is 0.153. The van der Waals surface area contributed by atoms with Crippen LogP contribution in [0.15, 0.2) is 18.5 Å².